The van der Waals surface area contributed by atoms with Gasteiger partial charge in [-0.25, -0.2) is 4.98 Å². The normalized spacial score (nSPS) is 13.6. The molecule has 0 fully saturated rings. The Bertz CT molecular complexity index is 638. The Morgan fingerprint density at radius 3 is 3.11 bits per heavy atom. The fourth-order valence-corrected chi connectivity index (χ4v) is 3.43. The molecule has 1 aliphatic heterocycles. The number of nitrogens with two attached hydrogens (primary N) is 1. The Balaban J connectivity index is 2.23. The number of hydrogen-bond donors (Lipinski definition) is 1. The summed E-state index contributed by atoms with van der Waals surface area (Å²) in [6.07, 6.45) is 1.64. The lowest BCUT2D eigenvalue weighted by atomic mass is 10.2. The summed E-state index contributed by atoms with van der Waals surface area (Å²) in [7, 11) is 0. The molecule has 0 aromatic carbocycles. The molecule has 1 amide bonds. The van der Waals surface area contributed by atoms with Gasteiger partial charge in [0.05, 0.1) is 17.1 Å². The van der Waals surface area contributed by atoms with Crippen molar-refractivity contribution in [3.8, 4) is 11.3 Å². The van der Waals surface area contributed by atoms with Crippen molar-refractivity contribution in [2.45, 2.75) is 11.6 Å². The van der Waals surface area contributed by atoms with E-state index in [1.165, 1.54) is 0 Å². The van der Waals surface area contributed by atoms with E-state index in [0.29, 0.717) is 10.7 Å². The average molecular weight is 280 g/mol. The third kappa shape index (κ3) is 1.71. The minimum Gasteiger partial charge on any atom is -0.366 e. The van der Waals surface area contributed by atoms with E-state index >= 15 is 0 Å². The van der Waals surface area contributed by atoms with Crippen LogP contribution in [0.2, 0.25) is 5.15 Å². The van der Waals surface area contributed by atoms with E-state index in [1.54, 1.807) is 24.0 Å². The van der Waals surface area contributed by atoms with Gasteiger partial charge in [-0.1, -0.05) is 11.6 Å². The van der Waals surface area contributed by atoms with Gasteiger partial charge in [0.1, 0.15) is 5.15 Å². The van der Waals surface area contributed by atoms with Gasteiger partial charge in [-0.3, -0.25) is 4.79 Å². The Morgan fingerprint density at radius 1 is 1.56 bits per heavy atom. The van der Waals surface area contributed by atoms with Gasteiger partial charge in [-0.2, -0.15) is 0 Å². The lowest BCUT2D eigenvalue weighted by Gasteiger charge is -2.06. The summed E-state index contributed by atoms with van der Waals surface area (Å²) < 4.78 is 2.08. The number of rotatable bonds is 2. The van der Waals surface area contributed by atoms with Crippen LogP contribution in [-0.2, 0) is 11.6 Å². The number of fused-ring (bicyclic) bond motifs is 1. The molecule has 0 unspecified atom stereocenters. The van der Waals surface area contributed by atoms with Gasteiger partial charge in [0.25, 0.3) is 5.91 Å². The number of carbonyl (C=O) groups excluding carboxylic acids is 1. The molecule has 0 bridgehead atoms. The van der Waals surface area contributed by atoms with Crippen LogP contribution < -0.4 is 5.73 Å². The molecule has 18 heavy (non-hydrogen) atoms. The van der Waals surface area contributed by atoms with Crippen molar-refractivity contribution in [2.75, 3.05) is 0 Å². The molecule has 0 atom stereocenters. The highest BCUT2D eigenvalue weighted by atomic mass is 35.5. The Kier molecular flexibility index (Phi) is 2.80. The number of pyridine rings is 1. The van der Waals surface area contributed by atoms with Crippen molar-refractivity contribution in [1.82, 2.24) is 9.55 Å². The summed E-state index contributed by atoms with van der Waals surface area (Å²) in [6, 6.07) is 5.53. The van der Waals surface area contributed by atoms with E-state index in [-0.39, 0.29) is 0 Å². The first kappa shape index (κ1) is 11.6. The number of thioether (sulfide) groups is 1. The second kappa shape index (κ2) is 4.33. The number of halogens is 1. The topological polar surface area (TPSA) is 60.9 Å². The zero-order valence-electron chi connectivity index (χ0n) is 9.39. The quantitative estimate of drug-likeness (QED) is 0.859. The number of aromatic nitrogens is 2. The molecule has 4 nitrogen and oxygen atoms in total. The van der Waals surface area contributed by atoms with Gasteiger partial charge in [0.2, 0.25) is 0 Å². The average Bonchev–Trinajstić information content (AvgIpc) is 2.90. The van der Waals surface area contributed by atoms with Crippen molar-refractivity contribution in [3.63, 3.8) is 0 Å². The summed E-state index contributed by atoms with van der Waals surface area (Å²) in [6.45, 7) is 0. The fraction of sp³-hybridized carbons (Fsp3) is 0.167. The molecule has 0 saturated carbocycles. The second-order valence-electron chi connectivity index (χ2n) is 4.00. The molecule has 1 aliphatic rings. The highest BCUT2D eigenvalue weighted by Crippen LogP contribution is 2.36. The summed E-state index contributed by atoms with van der Waals surface area (Å²) in [5.74, 6) is 1.21. The molecule has 2 N–H and O–H groups in total. The van der Waals surface area contributed by atoms with Crippen LogP contribution in [0.3, 0.4) is 0 Å². The first-order valence-corrected chi connectivity index (χ1v) is 6.92. The van der Waals surface area contributed by atoms with Crippen LogP contribution in [0, 0.1) is 0 Å². The first-order valence-electron chi connectivity index (χ1n) is 5.39. The SMILES string of the molecule is NC(=O)c1cc(-c2cccnc2Cl)n2c1CSC2. The second-order valence-corrected chi connectivity index (χ2v) is 5.31. The highest BCUT2D eigenvalue weighted by molar-refractivity contribution is 7.97. The van der Waals surface area contributed by atoms with Gasteiger partial charge >= 0.3 is 0 Å². The number of hydrogen-bond acceptors (Lipinski definition) is 3. The fourth-order valence-electron chi connectivity index (χ4n) is 2.14. The van der Waals surface area contributed by atoms with Crippen molar-refractivity contribution in [3.05, 3.63) is 40.8 Å². The van der Waals surface area contributed by atoms with E-state index in [0.717, 1.165) is 28.6 Å². The largest absolute Gasteiger partial charge is 0.366 e. The monoisotopic (exact) mass is 279 g/mol. The van der Waals surface area contributed by atoms with Crippen molar-refractivity contribution in [2.24, 2.45) is 5.73 Å². The molecule has 2 aromatic heterocycles. The third-order valence-electron chi connectivity index (χ3n) is 2.97. The third-order valence-corrected chi connectivity index (χ3v) is 4.19. The van der Waals surface area contributed by atoms with E-state index in [9.17, 15) is 4.79 Å². The van der Waals surface area contributed by atoms with Crippen LogP contribution in [0.25, 0.3) is 11.3 Å². The lowest BCUT2D eigenvalue weighted by Crippen LogP contribution is -2.12. The van der Waals surface area contributed by atoms with Crippen LogP contribution in [0.1, 0.15) is 16.1 Å². The standard InChI is InChI=1S/C12H10ClN3OS/c13-11-7(2-1-3-15-11)9-4-8(12(14)17)10-5-18-6-16(9)10/h1-4H,5-6H2,(H2,14,17). The molecule has 3 heterocycles. The Hall–Kier alpha value is -1.46. The van der Waals surface area contributed by atoms with Crippen LogP contribution in [-0.4, -0.2) is 15.5 Å². The Morgan fingerprint density at radius 2 is 2.39 bits per heavy atom. The van der Waals surface area contributed by atoms with E-state index in [2.05, 4.69) is 9.55 Å². The van der Waals surface area contributed by atoms with E-state index in [1.807, 2.05) is 12.1 Å². The first-order chi connectivity index (χ1) is 8.68. The van der Waals surface area contributed by atoms with E-state index in [4.69, 9.17) is 17.3 Å². The molecule has 3 rings (SSSR count). The molecule has 2 aromatic rings. The smallest absolute Gasteiger partial charge is 0.250 e. The Labute approximate surface area is 113 Å². The van der Waals surface area contributed by atoms with E-state index < -0.39 is 5.91 Å². The summed E-state index contributed by atoms with van der Waals surface area (Å²) in [4.78, 5) is 15.5. The predicted octanol–water partition coefficient (Wildman–Crippen LogP) is 2.51. The number of primary amides is 1. The van der Waals surface area contributed by atoms with Crippen molar-refractivity contribution < 1.29 is 4.79 Å². The molecule has 0 radical (unpaired) electrons. The maximum absolute atomic E-state index is 11.4. The molecule has 6 heteroatoms. The zero-order valence-corrected chi connectivity index (χ0v) is 11.0. The van der Waals surface area contributed by atoms with Crippen molar-refractivity contribution >= 4 is 29.3 Å². The van der Waals surface area contributed by atoms with Gasteiger partial charge < -0.3 is 10.3 Å². The minimum atomic E-state index is -0.396. The highest BCUT2D eigenvalue weighted by Gasteiger charge is 2.24. The molecular weight excluding hydrogens is 270 g/mol. The van der Waals surface area contributed by atoms with Gasteiger partial charge in [-0.15, -0.1) is 11.8 Å². The van der Waals surface area contributed by atoms with Gasteiger partial charge in [0.15, 0.2) is 0 Å². The van der Waals surface area contributed by atoms with Gasteiger partial charge in [0, 0.05) is 23.2 Å². The predicted molar refractivity (Wildman–Crippen MR) is 72.5 cm³/mol. The maximum Gasteiger partial charge on any atom is 0.250 e. The number of amides is 1. The summed E-state index contributed by atoms with van der Waals surface area (Å²) >= 11 is 7.85. The van der Waals surface area contributed by atoms with Gasteiger partial charge in [-0.05, 0) is 18.2 Å². The number of nitrogens with zero attached hydrogens (tertiary/aromatic N) is 2. The summed E-state index contributed by atoms with van der Waals surface area (Å²) in [5.41, 5.74) is 8.69. The van der Waals surface area contributed by atoms with Crippen LogP contribution >= 0.6 is 23.4 Å². The maximum atomic E-state index is 11.4. The van der Waals surface area contributed by atoms with Crippen LogP contribution in [0.4, 0.5) is 0 Å². The minimum absolute atomic E-state index is 0.396. The zero-order chi connectivity index (χ0) is 12.7. The summed E-state index contributed by atoms with van der Waals surface area (Å²) in [5, 5.41) is 0.436. The molecule has 0 saturated heterocycles. The van der Waals surface area contributed by atoms with Crippen molar-refractivity contribution in [1.29, 1.82) is 0 Å². The van der Waals surface area contributed by atoms with Crippen LogP contribution in [0.15, 0.2) is 24.4 Å². The molecular formula is C12H10ClN3OS. The lowest BCUT2D eigenvalue weighted by molar-refractivity contribution is 0.0999. The molecule has 92 valence electrons. The van der Waals surface area contributed by atoms with Crippen LogP contribution in [0.5, 0.6) is 0 Å². The number of carbonyl (C=O) groups is 1. The molecule has 0 spiro atoms. The molecule has 0 aliphatic carbocycles.